The highest BCUT2D eigenvalue weighted by atomic mass is 16.6. The number of benzene rings is 1. The number of nitrogens with zero attached hydrogens (tertiary/aromatic N) is 3. The van der Waals surface area contributed by atoms with Crippen molar-refractivity contribution in [1.29, 1.82) is 5.26 Å². The zero-order chi connectivity index (χ0) is 20.5. The molecule has 0 unspecified atom stereocenters. The third-order valence-electron chi connectivity index (χ3n) is 4.16. The molecule has 2 amide bonds. The summed E-state index contributed by atoms with van der Waals surface area (Å²) >= 11 is 0. The average molecular weight is 388 g/mol. The molecule has 150 valence electrons. The zero-order valence-electron chi connectivity index (χ0n) is 16.2. The normalized spacial score (nSPS) is 14.1. The van der Waals surface area contributed by atoms with Crippen molar-refractivity contribution in [2.24, 2.45) is 0 Å². The molecule has 28 heavy (non-hydrogen) atoms. The first-order valence-electron chi connectivity index (χ1n) is 8.83. The SMILES string of the molecule is CCOC(=O)N1CCN(/C=C(/C#N)C(=O)Nc2ccc(OC)c(OC)c2)CC1. The van der Waals surface area contributed by atoms with E-state index in [0.29, 0.717) is 50.0 Å². The minimum atomic E-state index is -0.525. The number of amides is 2. The van der Waals surface area contributed by atoms with Crippen molar-refractivity contribution in [1.82, 2.24) is 9.80 Å². The van der Waals surface area contributed by atoms with Gasteiger partial charge >= 0.3 is 6.09 Å². The molecule has 0 aromatic heterocycles. The molecule has 0 radical (unpaired) electrons. The Labute approximate surface area is 164 Å². The maximum Gasteiger partial charge on any atom is 0.409 e. The molecular weight excluding hydrogens is 364 g/mol. The van der Waals surface area contributed by atoms with E-state index < -0.39 is 5.91 Å². The lowest BCUT2D eigenvalue weighted by Gasteiger charge is -2.33. The van der Waals surface area contributed by atoms with Crippen LogP contribution in [0, 0.1) is 11.3 Å². The van der Waals surface area contributed by atoms with Crippen LogP contribution in [-0.2, 0) is 9.53 Å². The second kappa shape index (κ2) is 10.1. The molecule has 0 aliphatic carbocycles. The fraction of sp³-hybridized carbons (Fsp3) is 0.421. The second-order valence-corrected chi connectivity index (χ2v) is 5.90. The molecule has 0 spiro atoms. The Balaban J connectivity index is 2.00. The van der Waals surface area contributed by atoms with E-state index in [-0.39, 0.29) is 11.7 Å². The van der Waals surface area contributed by atoms with Gasteiger partial charge in [0.15, 0.2) is 11.5 Å². The molecule has 1 aromatic carbocycles. The lowest BCUT2D eigenvalue weighted by atomic mass is 10.2. The molecule has 1 aliphatic rings. The third kappa shape index (κ3) is 5.30. The number of hydrogen-bond acceptors (Lipinski definition) is 7. The molecule has 1 fully saturated rings. The molecule has 1 aromatic rings. The van der Waals surface area contributed by atoms with Crippen molar-refractivity contribution in [3.8, 4) is 17.6 Å². The molecule has 9 heteroatoms. The fourth-order valence-electron chi connectivity index (χ4n) is 2.68. The number of piperazine rings is 1. The molecule has 1 saturated heterocycles. The van der Waals surface area contributed by atoms with E-state index in [1.54, 1.807) is 30.0 Å². The summed E-state index contributed by atoms with van der Waals surface area (Å²) in [6, 6.07) is 6.86. The van der Waals surface area contributed by atoms with Crippen LogP contribution >= 0.6 is 0 Å². The predicted octanol–water partition coefficient (Wildman–Crippen LogP) is 1.82. The van der Waals surface area contributed by atoms with Gasteiger partial charge in [-0.3, -0.25) is 4.79 Å². The van der Waals surface area contributed by atoms with E-state index in [1.807, 2.05) is 11.0 Å². The number of rotatable bonds is 6. The van der Waals surface area contributed by atoms with Gasteiger partial charge in [0.2, 0.25) is 0 Å². The van der Waals surface area contributed by atoms with Gasteiger partial charge in [-0.2, -0.15) is 5.26 Å². The summed E-state index contributed by atoms with van der Waals surface area (Å²) in [5, 5.41) is 12.0. The van der Waals surface area contributed by atoms with Crippen LogP contribution in [0.2, 0.25) is 0 Å². The summed E-state index contributed by atoms with van der Waals surface area (Å²) in [5.74, 6) is 0.483. The first-order valence-corrected chi connectivity index (χ1v) is 8.83. The number of nitrogens with one attached hydrogen (secondary N) is 1. The number of methoxy groups -OCH3 is 2. The Bertz CT molecular complexity index is 779. The maximum atomic E-state index is 12.4. The largest absolute Gasteiger partial charge is 0.493 e. The van der Waals surface area contributed by atoms with E-state index in [0.717, 1.165) is 0 Å². The van der Waals surface area contributed by atoms with Crippen molar-refractivity contribution >= 4 is 17.7 Å². The van der Waals surface area contributed by atoms with Crippen LogP contribution in [0.1, 0.15) is 6.92 Å². The van der Waals surface area contributed by atoms with Crippen LogP contribution in [0.3, 0.4) is 0 Å². The van der Waals surface area contributed by atoms with Crippen LogP contribution in [0.4, 0.5) is 10.5 Å². The molecule has 9 nitrogen and oxygen atoms in total. The fourth-order valence-corrected chi connectivity index (χ4v) is 2.68. The highest BCUT2D eigenvalue weighted by Crippen LogP contribution is 2.29. The Morgan fingerprint density at radius 3 is 2.43 bits per heavy atom. The number of carbonyl (C=O) groups excluding carboxylic acids is 2. The zero-order valence-corrected chi connectivity index (χ0v) is 16.2. The third-order valence-corrected chi connectivity index (χ3v) is 4.16. The smallest absolute Gasteiger partial charge is 0.409 e. The van der Waals surface area contributed by atoms with Gasteiger partial charge in [0.1, 0.15) is 11.6 Å². The predicted molar refractivity (Wildman–Crippen MR) is 102 cm³/mol. The minimum absolute atomic E-state index is 0.0284. The summed E-state index contributed by atoms with van der Waals surface area (Å²) < 4.78 is 15.3. The topological polar surface area (TPSA) is 104 Å². The molecule has 1 aliphatic heterocycles. The highest BCUT2D eigenvalue weighted by Gasteiger charge is 2.21. The summed E-state index contributed by atoms with van der Waals surface area (Å²) in [7, 11) is 3.02. The summed E-state index contributed by atoms with van der Waals surface area (Å²) in [4.78, 5) is 27.6. The summed E-state index contributed by atoms with van der Waals surface area (Å²) in [6.45, 7) is 4.03. The Morgan fingerprint density at radius 1 is 1.18 bits per heavy atom. The number of carbonyl (C=O) groups is 2. The van der Waals surface area contributed by atoms with Crippen LogP contribution in [0.25, 0.3) is 0 Å². The van der Waals surface area contributed by atoms with E-state index in [2.05, 4.69) is 5.32 Å². The Morgan fingerprint density at radius 2 is 1.86 bits per heavy atom. The number of ether oxygens (including phenoxy) is 3. The van der Waals surface area contributed by atoms with E-state index in [1.165, 1.54) is 20.4 Å². The quantitative estimate of drug-likeness (QED) is 0.585. The maximum absolute atomic E-state index is 12.4. The van der Waals surface area contributed by atoms with Gasteiger partial charge in [-0.15, -0.1) is 0 Å². The van der Waals surface area contributed by atoms with Crippen LogP contribution in [0.5, 0.6) is 11.5 Å². The van der Waals surface area contributed by atoms with Crippen LogP contribution in [-0.4, -0.2) is 68.8 Å². The van der Waals surface area contributed by atoms with Gasteiger partial charge in [0.05, 0.1) is 20.8 Å². The molecule has 0 bridgehead atoms. The highest BCUT2D eigenvalue weighted by molar-refractivity contribution is 6.06. The average Bonchev–Trinajstić information content (AvgIpc) is 2.72. The first-order chi connectivity index (χ1) is 13.5. The lowest BCUT2D eigenvalue weighted by Crippen LogP contribution is -2.47. The molecule has 0 saturated carbocycles. The molecule has 1 N–H and O–H groups in total. The van der Waals surface area contributed by atoms with Crippen molar-refractivity contribution in [2.75, 3.05) is 52.3 Å². The molecule has 2 rings (SSSR count). The number of anilines is 1. The van der Waals surface area contributed by atoms with Gasteiger partial charge in [-0.25, -0.2) is 4.79 Å². The molecule has 0 atom stereocenters. The van der Waals surface area contributed by atoms with Gasteiger partial charge in [-0.05, 0) is 19.1 Å². The number of nitriles is 1. The number of hydrogen-bond donors (Lipinski definition) is 1. The lowest BCUT2D eigenvalue weighted by molar-refractivity contribution is -0.112. The summed E-state index contributed by atoms with van der Waals surface area (Å²) in [5.41, 5.74) is 0.454. The van der Waals surface area contributed by atoms with E-state index >= 15 is 0 Å². The van der Waals surface area contributed by atoms with Gasteiger partial charge in [-0.1, -0.05) is 0 Å². The van der Waals surface area contributed by atoms with Crippen molar-refractivity contribution in [3.05, 3.63) is 30.0 Å². The minimum Gasteiger partial charge on any atom is -0.493 e. The Hall–Kier alpha value is -3.41. The van der Waals surface area contributed by atoms with Crippen molar-refractivity contribution in [2.45, 2.75) is 6.92 Å². The van der Waals surface area contributed by atoms with E-state index in [4.69, 9.17) is 14.2 Å². The Kier molecular flexibility index (Phi) is 7.51. The van der Waals surface area contributed by atoms with Crippen molar-refractivity contribution < 1.29 is 23.8 Å². The van der Waals surface area contributed by atoms with Crippen LogP contribution in [0.15, 0.2) is 30.0 Å². The standard InChI is InChI=1S/C19H24N4O5/c1-4-28-19(25)23-9-7-22(8-10-23)13-14(12-20)18(24)21-15-5-6-16(26-2)17(11-15)27-3/h5-6,11,13H,4,7-10H2,1-3H3,(H,21,24)/b14-13-. The van der Waals surface area contributed by atoms with Crippen molar-refractivity contribution in [3.63, 3.8) is 0 Å². The first kappa shape index (κ1) is 20.9. The second-order valence-electron chi connectivity index (χ2n) is 5.90. The summed E-state index contributed by atoms with van der Waals surface area (Å²) in [6.07, 6.45) is 1.16. The van der Waals surface area contributed by atoms with Gasteiger partial charge in [0, 0.05) is 44.1 Å². The van der Waals surface area contributed by atoms with E-state index in [9.17, 15) is 14.9 Å². The van der Waals surface area contributed by atoms with Crippen LogP contribution < -0.4 is 14.8 Å². The monoisotopic (exact) mass is 388 g/mol. The van der Waals surface area contributed by atoms with Gasteiger partial charge in [0.25, 0.3) is 5.91 Å². The molecule has 1 heterocycles. The van der Waals surface area contributed by atoms with Gasteiger partial charge < -0.3 is 29.3 Å². The molecular formula is C19H24N4O5.